The van der Waals surface area contributed by atoms with Crippen LogP contribution in [0.2, 0.25) is 0 Å². The number of aliphatic carboxylic acids is 1. The number of amides is 1. The quantitative estimate of drug-likeness (QED) is 0.780. The molecule has 94 valence electrons. The van der Waals surface area contributed by atoms with E-state index in [1.807, 2.05) is 6.92 Å². The normalized spacial score (nSPS) is 12.2. The zero-order chi connectivity index (χ0) is 13.0. The number of likely N-dealkylation sites (N-methyl/N-ethyl adjacent to an activating group) is 1. The summed E-state index contributed by atoms with van der Waals surface area (Å²) in [6.07, 6.45) is 1.85. The SMILES string of the molecule is Cc1[nH]ncc1CC(=O)N(C)CC(C)C(=O)O. The van der Waals surface area contributed by atoms with Crippen molar-refractivity contribution in [1.82, 2.24) is 15.1 Å². The Labute approximate surface area is 99.6 Å². The highest BCUT2D eigenvalue weighted by molar-refractivity contribution is 5.79. The molecular formula is C11H17N3O3. The molecule has 0 radical (unpaired) electrons. The van der Waals surface area contributed by atoms with E-state index >= 15 is 0 Å². The maximum atomic E-state index is 11.8. The first-order valence-electron chi connectivity index (χ1n) is 5.37. The lowest BCUT2D eigenvalue weighted by Gasteiger charge is -2.19. The summed E-state index contributed by atoms with van der Waals surface area (Å²) >= 11 is 0. The van der Waals surface area contributed by atoms with Crippen molar-refractivity contribution in [3.05, 3.63) is 17.5 Å². The molecule has 1 atom stereocenters. The predicted molar refractivity (Wildman–Crippen MR) is 61.5 cm³/mol. The van der Waals surface area contributed by atoms with E-state index in [1.165, 1.54) is 4.90 Å². The van der Waals surface area contributed by atoms with Crippen LogP contribution < -0.4 is 0 Å². The van der Waals surface area contributed by atoms with E-state index in [-0.39, 0.29) is 18.9 Å². The summed E-state index contributed by atoms with van der Waals surface area (Å²) in [5.74, 6) is -1.57. The molecule has 6 heteroatoms. The van der Waals surface area contributed by atoms with Gasteiger partial charge in [0.2, 0.25) is 5.91 Å². The van der Waals surface area contributed by atoms with Crippen LogP contribution >= 0.6 is 0 Å². The highest BCUT2D eigenvalue weighted by Crippen LogP contribution is 2.06. The first-order valence-corrected chi connectivity index (χ1v) is 5.37. The first kappa shape index (κ1) is 13.2. The number of H-pyrrole nitrogens is 1. The molecule has 0 aliphatic carbocycles. The summed E-state index contributed by atoms with van der Waals surface area (Å²) in [5.41, 5.74) is 1.70. The van der Waals surface area contributed by atoms with Gasteiger partial charge in [-0.1, -0.05) is 6.92 Å². The molecule has 1 rings (SSSR count). The van der Waals surface area contributed by atoms with E-state index in [9.17, 15) is 9.59 Å². The standard InChI is InChI=1S/C11H17N3O3/c1-7(11(16)17)6-14(3)10(15)4-9-5-12-13-8(9)2/h5,7H,4,6H2,1-3H3,(H,12,13)(H,16,17). The van der Waals surface area contributed by atoms with Gasteiger partial charge in [0.15, 0.2) is 0 Å². The van der Waals surface area contributed by atoms with E-state index in [0.717, 1.165) is 11.3 Å². The van der Waals surface area contributed by atoms with Gasteiger partial charge >= 0.3 is 5.97 Å². The van der Waals surface area contributed by atoms with Gasteiger partial charge in [-0.3, -0.25) is 14.7 Å². The minimum absolute atomic E-state index is 0.109. The lowest BCUT2D eigenvalue weighted by atomic mass is 10.1. The monoisotopic (exact) mass is 239 g/mol. The van der Waals surface area contributed by atoms with Gasteiger partial charge in [0.05, 0.1) is 18.5 Å². The fraction of sp³-hybridized carbons (Fsp3) is 0.545. The van der Waals surface area contributed by atoms with Crippen LogP contribution in [0.5, 0.6) is 0 Å². The van der Waals surface area contributed by atoms with Crippen molar-refractivity contribution >= 4 is 11.9 Å². The van der Waals surface area contributed by atoms with Gasteiger partial charge < -0.3 is 10.0 Å². The number of aryl methyl sites for hydroxylation is 1. The third-order valence-electron chi connectivity index (χ3n) is 2.67. The molecule has 17 heavy (non-hydrogen) atoms. The summed E-state index contributed by atoms with van der Waals surface area (Å²) in [6, 6.07) is 0. The Morgan fingerprint density at radius 2 is 2.24 bits per heavy atom. The van der Waals surface area contributed by atoms with Crippen molar-refractivity contribution in [2.45, 2.75) is 20.3 Å². The number of hydrogen-bond donors (Lipinski definition) is 2. The predicted octanol–water partition coefficient (Wildman–Crippen LogP) is 0.440. The number of carbonyl (C=O) groups is 2. The Bertz CT molecular complexity index is 414. The molecule has 0 bridgehead atoms. The molecule has 6 nitrogen and oxygen atoms in total. The van der Waals surface area contributed by atoms with Crippen molar-refractivity contribution in [1.29, 1.82) is 0 Å². The number of aromatic nitrogens is 2. The second kappa shape index (κ2) is 5.47. The van der Waals surface area contributed by atoms with Gasteiger partial charge in [0, 0.05) is 24.8 Å². The fourth-order valence-corrected chi connectivity index (χ4v) is 1.44. The van der Waals surface area contributed by atoms with Crippen molar-refractivity contribution in [2.24, 2.45) is 5.92 Å². The summed E-state index contributed by atoms with van der Waals surface area (Å²) in [6.45, 7) is 3.63. The first-order chi connectivity index (χ1) is 7.91. The van der Waals surface area contributed by atoms with Gasteiger partial charge in [-0.2, -0.15) is 5.10 Å². The van der Waals surface area contributed by atoms with Crippen LogP contribution in [0.3, 0.4) is 0 Å². The highest BCUT2D eigenvalue weighted by atomic mass is 16.4. The van der Waals surface area contributed by atoms with Crippen LogP contribution in [0.25, 0.3) is 0 Å². The van der Waals surface area contributed by atoms with Crippen LogP contribution in [0.15, 0.2) is 6.20 Å². The highest BCUT2D eigenvalue weighted by Gasteiger charge is 2.18. The number of carboxylic acids is 1. The van der Waals surface area contributed by atoms with E-state index in [0.29, 0.717) is 0 Å². The molecular weight excluding hydrogens is 222 g/mol. The average molecular weight is 239 g/mol. The molecule has 0 saturated carbocycles. The second-order valence-electron chi connectivity index (χ2n) is 4.21. The van der Waals surface area contributed by atoms with Crippen LogP contribution in [0.1, 0.15) is 18.2 Å². The van der Waals surface area contributed by atoms with Crippen LogP contribution in [-0.2, 0) is 16.0 Å². The van der Waals surface area contributed by atoms with Gasteiger partial charge in [-0.25, -0.2) is 0 Å². The zero-order valence-electron chi connectivity index (χ0n) is 10.2. The molecule has 1 aromatic heterocycles. The summed E-state index contributed by atoms with van der Waals surface area (Å²) < 4.78 is 0. The topological polar surface area (TPSA) is 86.3 Å². The zero-order valence-corrected chi connectivity index (χ0v) is 10.2. The van der Waals surface area contributed by atoms with Crippen molar-refractivity contribution in [3.63, 3.8) is 0 Å². The molecule has 0 saturated heterocycles. The molecule has 0 spiro atoms. The maximum Gasteiger partial charge on any atom is 0.308 e. The number of nitrogens with zero attached hydrogens (tertiary/aromatic N) is 2. The molecule has 1 aromatic rings. The minimum atomic E-state index is -0.899. The van der Waals surface area contributed by atoms with E-state index in [1.54, 1.807) is 20.2 Å². The third-order valence-corrected chi connectivity index (χ3v) is 2.67. The van der Waals surface area contributed by atoms with E-state index < -0.39 is 11.9 Å². The molecule has 0 fully saturated rings. The Hall–Kier alpha value is -1.85. The molecule has 1 heterocycles. The van der Waals surface area contributed by atoms with Crippen molar-refractivity contribution in [2.75, 3.05) is 13.6 Å². The fourth-order valence-electron chi connectivity index (χ4n) is 1.44. The van der Waals surface area contributed by atoms with Crippen LogP contribution in [0.4, 0.5) is 0 Å². The average Bonchev–Trinajstić information content (AvgIpc) is 2.64. The lowest BCUT2D eigenvalue weighted by molar-refractivity contribution is -0.142. The Balaban J connectivity index is 2.53. The second-order valence-corrected chi connectivity index (χ2v) is 4.21. The smallest absolute Gasteiger partial charge is 0.308 e. The van der Waals surface area contributed by atoms with E-state index in [4.69, 9.17) is 5.11 Å². The molecule has 0 aliphatic heterocycles. The number of hydrogen-bond acceptors (Lipinski definition) is 3. The van der Waals surface area contributed by atoms with Gasteiger partial charge in [0.25, 0.3) is 0 Å². The van der Waals surface area contributed by atoms with E-state index in [2.05, 4.69) is 10.2 Å². The largest absolute Gasteiger partial charge is 0.481 e. The third kappa shape index (κ3) is 3.58. The van der Waals surface area contributed by atoms with Gasteiger partial charge in [-0.15, -0.1) is 0 Å². The summed E-state index contributed by atoms with van der Waals surface area (Å²) in [5, 5.41) is 15.4. The molecule has 0 aromatic carbocycles. The molecule has 1 amide bonds. The number of carboxylic acid groups (broad SMARTS) is 1. The van der Waals surface area contributed by atoms with Gasteiger partial charge in [-0.05, 0) is 6.92 Å². The number of carbonyl (C=O) groups excluding carboxylic acids is 1. The Kier molecular flexibility index (Phi) is 4.25. The number of nitrogens with one attached hydrogen (secondary N) is 1. The summed E-state index contributed by atoms with van der Waals surface area (Å²) in [4.78, 5) is 23.9. The van der Waals surface area contributed by atoms with Crippen molar-refractivity contribution in [3.8, 4) is 0 Å². The number of aromatic amines is 1. The minimum Gasteiger partial charge on any atom is -0.481 e. The number of rotatable bonds is 5. The summed E-state index contributed by atoms with van der Waals surface area (Å²) in [7, 11) is 1.61. The molecule has 2 N–H and O–H groups in total. The van der Waals surface area contributed by atoms with Crippen LogP contribution in [-0.4, -0.2) is 45.7 Å². The molecule has 1 unspecified atom stereocenters. The van der Waals surface area contributed by atoms with Crippen LogP contribution in [0, 0.1) is 12.8 Å². The lowest BCUT2D eigenvalue weighted by Crippen LogP contribution is -2.34. The maximum absolute atomic E-state index is 11.8. The Morgan fingerprint density at radius 1 is 1.59 bits per heavy atom. The van der Waals surface area contributed by atoms with Gasteiger partial charge in [0.1, 0.15) is 0 Å². The van der Waals surface area contributed by atoms with Crippen molar-refractivity contribution < 1.29 is 14.7 Å². The Morgan fingerprint density at radius 3 is 2.71 bits per heavy atom. The molecule has 0 aliphatic rings.